The molecule has 1 N–H and O–H groups in total. The van der Waals surface area contributed by atoms with E-state index in [0.29, 0.717) is 0 Å². The SMILES string of the molecule is C=CC(=C(C)C)N(NC)C1CCCCO1. The summed E-state index contributed by atoms with van der Waals surface area (Å²) >= 11 is 0. The van der Waals surface area contributed by atoms with Crippen LogP contribution in [-0.4, -0.2) is 24.9 Å². The van der Waals surface area contributed by atoms with E-state index in [1.165, 1.54) is 18.4 Å². The lowest BCUT2D eigenvalue weighted by atomic mass is 10.1. The van der Waals surface area contributed by atoms with Crippen LogP contribution in [0.4, 0.5) is 0 Å². The Morgan fingerprint density at radius 2 is 2.20 bits per heavy atom. The monoisotopic (exact) mass is 210 g/mol. The van der Waals surface area contributed by atoms with E-state index in [4.69, 9.17) is 4.74 Å². The summed E-state index contributed by atoms with van der Waals surface area (Å²) in [5, 5.41) is 2.07. The Hall–Kier alpha value is -0.800. The highest BCUT2D eigenvalue weighted by Gasteiger charge is 2.22. The first kappa shape index (κ1) is 12.3. The van der Waals surface area contributed by atoms with Crippen LogP contribution in [0.3, 0.4) is 0 Å². The zero-order valence-electron chi connectivity index (χ0n) is 10.0. The van der Waals surface area contributed by atoms with Crippen LogP contribution in [-0.2, 0) is 4.74 Å². The maximum Gasteiger partial charge on any atom is 0.144 e. The van der Waals surface area contributed by atoms with E-state index in [1.807, 2.05) is 13.1 Å². The van der Waals surface area contributed by atoms with Crippen molar-refractivity contribution in [1.82, 2.24) is 10.4 Å². The molecule has 1 heterocycles. The van der Waals surface area contributed by atoms with Crippen LogP contribution < -0.4 is 5.43 Å². The molecule has 86 valence electrons. The van der Waals surface area contributed by atoms with Gasteiger partial charge < -0.3 is 4.74 Å². The number of nitrogens with one attached hydrogen (secondary N) is 1. The molecule has 1 unspecified atom stereocenters. The molecule has 0 spiro atoms. The molecule has 1 rings (SSSR count). The Bertz CT molecular complexity index is 238. The van der Waals surface area contributed by atoms with E-state index in [0.717, 1.165) is 18.7 Å². The summed E-state index contributed by atoms with van der Waals surface area (Å²) in [5.41, 5.74) is 5.54. The van der Waals surface area contributed by atoms with E-state index in [1.54, 1.807) is 0 Å². The third kappa shape index (κ3) is 3.08. The summed E-state index contributed by atoms with van der Waals surface area (Å²) < 4.78 is 5.75. The minimum absolute atomic E-state index is 0.145. The molecule has 15 heavy (non-hydrogen) atoms. The van der Waals surface area contributed by atoms with Gasteiger partial charge in [-0.2, -0.15) is 0 Å². The number of rotatable bonds is 4. The molecule has 1 atom stereocenters. The van der Waals surface area contributed by atoms with Gasteiger partial charge in [0.2, 0.25) is 0 Å². The second kappa shape index (κ2) is 5.93. The van der Waals surface area contributed by atoms with E-state index >= 15 is 0 Å². The molecule has 0 aromatic rings. The summed E-state index contributed by atoms with van der Waals surface area (Å²) in [7, 11) is 1.92. The largest absolute Gasteiger partial charge is 0.357 e. The highest BCUT2D eigenvalue weighted by atomic mass is 16.5. The molecule has 3 nitrogen and oxygen atoms in total. The molecule has 1 saturated heterocycles. The normalized spacial score (nSPS) is 20.9. The van der Waals surface area contributed by atoms with Crippen molar-refractivity contribution in [3.63, 3.8) is 0 Å². The van der Waals surface area contributed by atoms with Crippen LogP contribution in [0, 0.1) is 0 Å². The Labute approximate surface area is 92.8 Å². The van der Waals surface area contributed by atoms with E-state index in [-0.39, 0.29) is 6.23 Å². The molecule has 0 amide bonds. The fraction of sp³-hybridized carbons (Fsp3) is 0.667. The van der Waals surface area contributed by atoms with Crippen LogP contribution >= 0.6 is 0 Å². The van der Waals surface area contributed by atoms with Crippen LogP contribution in [0.1, 0.15) is 33.1 Å². The summed E-state index contributed by atoms with van der Waals surface area (Å²) in [6.45, 7) is 8.88. The van der Waals surface area contributed by atoms with Gasteiger partial charge >= 0.3 is 0 Å². The molecule has 1 aliphatic rings. The van der Waals surface area contributed by atoms with Crippen molar-refractivity contribution in [3.05, 3.63) is 23.9 Å². The molecular formula is C12H22N2O. The van der Waals surface area contributed by atoms with E-state index < -0.39 is 0 Å². The third-order valence-electron chi connectivity index (χ3n) is 2.65. The maximum atomic E-state index is 5.75. The quantitative estimate of drug-likeness (QED) is 0.569. The second-order valence-corrected chi connectivity index (χ2v) is 4.00. The lowest BCUT2D eigenvalue weighted by molar-refractivity contribution is -0.0865. The topological polar surface area (TPSA) is 24.5 Å². The predicted molar refractivity (Wildman–Crippen MR) is 63.1 cm³/mol. The number of ether oxygens (including phenoxy) is 1. The van der Waals surface area contributed by atoms with Crippen molar-refractivity contribution < 1.29 is 4.74 Å². The molecule has 1 fully saturated rings. The first-order valence-electron chi connectivity index (χ1n) is 5.58. The number of hydrogen-bond acceptors (Lipinski definition) is 3. The van der Waals surface area contributed by atoms with Gasteiger partial charge in [-0.25, -0.2) is 5.43 Å². The highest BCUT2D eigenvalue weighted by Crippen LogP contribution is 2.20. The molecule has 0 bridgehead atoms. The lowest BCUT2D eigenvalue weighted by Crippen LogP contribution is -2.45. The standard InChI is InChI=1S/C12H22N2O/c1-5-11(10(2)3)14(13-4)12-8-6-7-9-15-12/h5,12-13H,1,6-9H2,2-4H3. The molecule has 0 aliphatic carbocycles. The van der Waals surface area contributed by atoms with Crippen molar-refractivity contribution in [3.8, 4) is 0 Å². The van der Waals surface area contributed by atoms with Crippen molar-refractivity contribution in [1.29, 1.82) is 0 Å². The van der Waals surface area contributed by atoms with Gasteiger partial charge in [-0.3, -0.25) is 5.01 Å². The zero-order valence-corrected chi connectivity index (χ0v) is 10.0. The predicted octanol–water partition coefficient (Wildman–Crippen LogP) is 2.43. The zero-order chi connectivity index (χ0) is 11.3. The van der Waals surface area contributed by atoms with Gasteiger partial charge in [0.05, 0.1) is 5.70 Å². The molecular weight excluding hydrogens is 188 g/mol. The van der Waals surface area contributed by atoms with Crippen molar-refractivity contribution >= 4 is 0 Å². The van der Waals surface area contributed by atoms with Gasteiger partial charge in [-0.1, -0.05) is 12.2 Å². The number of nitrogens with zero attached hydrogens (tertiary/aromatic N) is 1. The maximum absolute atomic E-state index is 5.75. The summed E-state index contributed by atoms with van der Waals surface area (Å²) in [4.78, 5) is 0. The highest BCUT2D eigenvalue weighted by molar-refractivity contribution is 5.20. The minimum atomic E-state index is 0.145. The number of hydrogen-bond donors (Lipinski definition) is 1. The number of hydrazine groups is 1. The van der Waals surface area contributed by atoms with Gasteiger partial charge in [0.1, 0.15) is 6.23 Å². The van der Waals surface area contributed by atoms with Gasteiger partial charge in [-0.15, -0.1) is 0 Å². The van der Waals surface area contributed by atoms with E-state index in [2.05, 4.69) is 30.9 Å². The Balaban J connectivity index is 2.76. The fourth-order valence-electron chi connectivity index (χ4n) is 1.89. The Kier molecular flexibility index (Phi) is 4.85. The average molecular weight is 210 g/mol. The van der Waals surface area contributed by atoms with Gasteiger partial charge in [0.15, 0.2) is 0 Å². The number of allylic oxidation sites excluding steroid dienone is 2. The van der Waals surface area contributed by atoms with Gasteiger partial charge in [0, 0.05) is 13.7 Å². The second-order valence-electron chi connectivity index (χ2n) is 4.00. The lowest BCUT2D eigenvalue weighted by Gasteiger charge is -2.36. The Morgan fingerprint density at radius 1 is 1.47 bits per heavy atom. The Morgan fingerprint density at radius 3 is 2.60 bits per heavy atom. The summed E-state index contributed by atoms with van der Waals surface area (Å²) in [5.74, 6) is 0. The van der Waals surface area contributed by atoms with Crippen LogP contribution in [0.2, 0.25) is 0 Å². The summed E-state index contributed by atoms with van der Waals surface area (Å²) in [6.07, 6.45) is 5.50. The smallest absolute Gasteiger partial charge is 0.144 e. The van der Waals surface area contributed by atoms with Crippen LogP contribution in [0.5, 0.6) is 0 Å². The molecule has 0 radical (unpaired) electrons. The summed E-state index contributed by atoms with van der Waals surface area (Å²) in [6, 6.07) is 0. The van der Waals surface area contributed by atoms with Crippen molar-refractivity contribution in [2.24, 2.45) is 0 Å². The first-order valence-corrected chi connectivity index (χ1v) is 5.58. The van der Waals surface area contributed by atoms with Crippen molar-refractivity contribution in [2.75, 3.05) is 13.7 Å². The molecule has 0 saturated carbocycles. The molecule has 0 aromatic carbocycles. The van der Waals surface area contributed by atoms with Crippen molar-refractivity contribution in [2.45, 2.75) is 39.3 Å². The van der Waals surface area contributed by atoms with Gasteiger partial charge in [0.25, 0.3) is 0 Å². The van der Waals surface area contributed by atoms with Crippen LogP contribution in [0.25, 0.3) is 0 Å². The van der Waals surface area contributed by atoms with E-state index in [9.17, 15) is 0 Å². The molecule has 3 heteroatoms. The third-order valence-corrected chi connectivity index (χ3v) is 2.65. The first-order chi connectivity index (χ1) is 7.20. The fourth-order valence-corrected chi connectivity index (χ4v) is 1.89. The molecule has 1 aliphatic heterocycles. The van der Waals surface area contributed by atoms with Crippen LogP contribution in [0.15, 0.2) is 23.9 Å². The average Bonchev–Trinajstić information content (AvgIpc) is 2.26. The van der Waals surface area contributed by atoms with Gasteiger partial charge in [-0.05, 0) is 39.2 Å². The minimum Gasteiger partial charge on any atom is -0.357 e. The molecule has 0 aromatic heterocycles.